The summed E-state index contributed by atoms with van der Waals surface area (Å²) < 4.78 is 7.23. The first-order chi connectivity index (χ1) is 13.7. The number of fused-ring (bicyclic) bond motifs is 1. The Morgan fingerprint density at radius 1 is 1.14 bits per heavy atom. The topological polar surface area (TPSA) is 59.4 Å². The Morgan fingerprint density at radius 3 is 2.75 bits per heavy atom. The van der Waals surface area contributed by atoms with E-state index < -0.39 is 0 Å². The number of hydrogen-bond donors (Lipinski definition) is 1. The van der Waals surface area contributed by atoms with Crippen LogP contribution in [0.25, 0.3) is 0 Å². The second-order valence-electron chi connectivity index (χ2n) is 7.90. The smallest absolute Gasteiger partial charge is 0.318 e. The van der Waals surface area contributed by atoms with Gasteiger partial charge in [-0.15, -0.1) is 0 Å². The van der Waals surface area contributed by atoms with Crippen molar-refractivity contribution in [3.8, 4) is 5.75 Å². The van der Waals surface area contributed by atoms with Gasteiger partial charge in [-0.05, 0) is 49.8 Å². The highest BCUT2D eigenvalue weighted by molar-refractivity contribution is 5.75. The van der Waals surface area contributed by atoms with E-state index in [0.29, 0.717) is 0 Å². The second-order valence-corrected chi connectivity index (χ2v) is 7.90. The summed E-state index contributed by atoms with van der Waals surface area (Å²) in [4.78, 5) is 15.3. The molecule has 1 N–H and O–H groups in total. The minimum absolute atomic E-state index is 0.0458. The molecule has 1 aliphatic heterocycles. The third-order valence-electron chi connectivity index (χ3n) is 6.19. The first kappa shape index (κ1) is 18.8. The lowest BCUT2D eigenvalue weighted by Gasteiger charge is -2.33. The molecule has 28 heavy (non-hydrogen) atoms. The minimum atomic E-state index is 0.0458. The first-order valence-electron chi connectivity index (χ1n) is 10.4. The van der Waals surface area contributed by atoms with E-state index >= 15 is 0 Å². The number of aryl methyl sites for hydroxylation is 1. The molecule has 0 bridgehead atoms. The largest absolute Gasteiger partial charge is 0.497 e. The first-order valence-corrected chi connectivity index (χ1v) is 10.4. The van der Waals surface area contributed by atoms with Crippen LogP contribution in [0, 0.1) is 0 Å². The molecule has 150 valence electrons. The van der Waals surface area contributed by atoms with E-state index in [1.54, 1.807) is 7.11 Å². The van der Waals surface area contributed by atoms with E-state index in [4.69, 9.17) is 4.74 Å². The Morgan fingerprint density at radius 2 is 1.96 bits per heavy atom. The second kappa shape index (κ2) is 8.25. The van der Waals surface area contributed by atoms with Crippen molar-refractivity contribution in [2.75, 3.05) is 13.7 Å². The van der Waals surface area contributed by atoms with Crippen LogP contribution in [0.1, 0.15) is 67.4 Å². The molecule has 2 amide bonds. The predicted molar refractivity (Wildman–Crippen MR) is 108 cm³/mol. The monoisotopic (exact) mass is 382 g/mol. The Bertz CT molecular complexity index is 814. The van der Waals surface area contributed by atoms with Gasteiger partial charge in [-0.1, -0.05) is 25.0 Å². The van der Waals surface area contributed by atoms with Crippen LogP contribution < -0.4 is 10.1 Å². The molecule has 6 nitrogen and oxygen atoms in total. The summed E-state index contributed by atoms with van der Waals surface area (Å²) in [5.41, 5.74) is 3.61. The maximum atomic E-state index is 13.3. The fourth-order valence-corrected chi connectivity index (χ4v) is 4.61. The van der Waals surface area contributed by atoms with Gasteiger partial charge in [0.05, 0.1) is 25.4 Å². The van der Waals surface area contributed by atoms with Gasteiger partial charge >= 0.3 is 6.03 Å². The highest BCUT2D eigenvalue weighted by atomic mass is 16.5. The van der Waals surface area contributed by atoms with Crippen LogP contribution in [0.4, 0.5) is 4.79 Å². The summed E-state index contributed by atoms with van der Waals surface area (Å²) in [6.07, 6.45) is 9.40. The van der Waals surface area contributed by atoms with Crippen molar-refractivity contribution in [1.29, 1.82) is 0 Å². The lowest BCUT2D eigenvalue weighted by molar-refractivity contribution is 0.170. The Hall–Kier alpha value is -2.50. The molecule has 0 radical (unpaired) electrons. The fourth-order valence-electron chi connectivity index (χ4n) is 4.61. The van der Waals surface area contributed by atoms with E-state index in [0.717, 1.165) is 50.8 Å². The molecule has 1 aromatic carbocycles. The number of urea groups is 1. The Kier molecular flexibility index (Phi) is 5.55. The summed E-state index contributed by atoms with van der Waals surface area (Å²) in [6.45, 7) is 0.801. The molecule has 0 saturated carbocycles. The van der Waals surface area contributed by atoms with Crippen molar-refractivity contribution >= 4 is 6.03 Å². The number of methoxy groups -OCH3 is 1. The van der Waals surface area contributed by atoms with Gasteiger partial charge in [0, 0.05) is 24.8 Å². The average molecular weight is 383 g/mol. The summed E-state index contributed by atoms with van der Waals surface area (Å²) in [5, 5.41) is 7.72. The third kappa shape index (κ3) is 3.73. The van der Waals surface area contributed by atoms with Gasteiger partial charge in [0.2, 0.25) is 0 Å². The van der Waals surface area contributed by atoms with Crippen molar-refractivity contribution in [3.63, 3.8) is 0 Å². The zero-order valence-corrected chi connectivity index (χ0v) is 16.9. The van der Waals surface area contributed by atoms with Gasteiger partial charge in [0.15, 0.2) is 0 Å². The van der Waals surface area contributed by atoms with Crippen molar-refractivity contribution in [1.82, 2.24) is 20.0 Å². The van der Waals surface area contributed by atoms with Crippen LogP contribution >= 0.6 is 0 Å². The molecular formula is C22H30N4O2. The van der Waals surface area contributed by atoms with Gasteiger partial charge in [-0.2, -0.15) is 5.10 Å². The molecule has 2 heterocycles. The SMILES string of the molecule is COc1ccc(C2CCCCCN2C(=O)NC2CCCc3c2cnn3C)cc1. The normalized spacial score (nSPS) is 22.3. The van der Waals surface area contributed by atoms with Gasteiger partial charge < -0.3 is 15.0 Å². The number of rotatable bonds is 3. The standard InChI is InChI=1S/C22H30N4O2/c1-25-21-9-6-7-19(18(21)15-23-25)24-22(27)26-14-5-3-4-8-20(26)16-10-12-17(28-2)13-11-16/h10-13,15,19-20H,3-9,14H2,1-2H3,(H,24,27). The number of hydrogen-bond acceptors (Lipinski definition) is 3. The molecule has 1 fully saturated rings. The van der Waals surface area contributed by atoms with Crippen LogP contribution in [-0.4, -0.2) is 34.4 Å². The van der Waals surface area contributed by atoms with E-state index in [1.807, 2.05) is 35.0 Å². The molecule has 2 aliphatic rings. The number of ether oxygens (including phenoxy) is 1. The van der Waals surface area contributed by atoms with E-state index in [-0.39, 0.29) is 18.1 Å². The predicted octanol–water partition coefficient (Wildman–Crippen LogP) is 4.13. The number of carbonyl (C=O) groups excluding carboxylic acids is 1. The molecule has 2 unspecified atom stereocenters. The molecule has 4 rings (SSSR count). The molecule has 1 aliphatic carbocycles. The van der Waals surface area contributed by atoms with Crippen LogP contribution in [0.15, 0.2) is 30.5 Å². The van der Waals surface area contributed by atoms with Gasteiger partial charge in [0.1, 0.15) is 5.75 Å². The van der Waals surface area contributed by atoms with Crippen LogP contribution in [0.3, 0.4) is 0 Å². The van der Waals surface area contributed by atoms with E-state index in [2.05, 4.69) is 22.5 Å². The maximum absolute atomic E-state index is 13.3. The van der Waals surface area contributed by atoms with Crippen molar-refractivity contribution in [2.45, 2.75) is 57.0 Å². The number of carbonyl (C=O) groups is 1. The van der Waals surface area contributed by atoms with Crippen molar-refractivity contribution in [3.05, 3.63) is 47.3 Å². The lowest BCUT2D eigenvalue weighted by Crippen LogP contribution is -2.44. The molecule has 0 spiro atoms. The fraction of sp³-hybridized carbons (Fsp3) is 0.545. The van der Waals surface area contributed by atoms with Crippen LogP contribution in [0.2, 0.25) is 0 Å². The zero-order chi connectivity index (χ0) is 19.5. The quantitative estimate of drug-likeness (QED) is 0.868. The third-order valence-corrected chi connectivity index (χ3v) is 6.19. The number of likely N-dealkylation sites (tertiary alicyclic amines) is 1. The Labute approximate surface area is 166 Å². The molecule has 2 aromatic rings. The van der Waals surface area contributed by atoms with Crippen LogP contribution in [-0.2, 0) is 13.5 Å². The molecule has 1 saturated heterocycles. The number of benzene rings is 1. The zero-order valence-electron chi connectivity index (χ0n) is 16.9. The average Bonchev–Trinajstić information content (AvgIpc) is 2.95. The van der Waals surface area contributed by atoms with Crippen molar-refractivity contribution in [2.24, 2.45) is 7.05 Å². The Balaban J connectivity index is 1.53. The maximum Gasteiger partial charge on any atom is 0.318 e. The number of nitrogens with one attached hydrogen (secondary N) is 1. The molecular weight excluding hydrogens is 352 g/mol. The summed E-state index contributed by atoms with van der Waals surface area (Å²) in [6, 6.07) is 8.38. The number of nitrogens with zero attached hydrogens (tertiary/aromatic N) is 3. The van der Waals surface area contributed by atoms with Gasteiger partial charge in [0.25, 0.3) is 0 Å². The summed E-state index contributed by atoms with van der Waals surface area (Å²) in [7, 11) is 3.66. The van der Waals surface area contributed by atoms with Crippen LogP contribution in [0.5, 0.6) is 5.75 Å². The molecule has 6 heteroatoms. The number of aromatic nitrogens is 2. The molecule has 2 atom stereocenters. The lowest BCUT2D eigenvalue weighted by atomic mass is 9.93. The van der Waals surface area contributed by atoms with Gasteiger partial charge in [-0.25, -0.2) is 4.79 Å². The van der Waals surface area contributed by atoms with E-state index in [9.17, 15) is 4.79 Å². The van der Waals surface area contributed by atoms with Crippen molar-refractivity contribution < 1.29 is 9.53 Å². The highest BCUT2D eigenvalue weighted by Crippen LogP contribution is 2.33. The number of amides is 2. The summed E-state index contributed by atoms with van der Waals surface area (Å²) >= 11 is 0. The minimum Gasteiger partial charge on any atom is -0.497 e. The van der Waals surface area contributed by atoms with E-state index in [1.165, 1.54) is 23.2 Å². The van der Waals surface area contributed by atoms with Gasteiger partial charge in [-0.3, -0.25) is 4.68 Å². The highest BCUT2D eigenvalue weighted by Gasteiger charge is 2.30. The molecule has 1 aromatic heterocycles. The summed E-state index contributed by atoms with van der Waals surface area (Å²) in [5.74, 6) is 0.847.